The molecule has 1 aliphatic rings. The Kier molecular flexibility index (Phi) is 0.751. The summed E-state index contributed by atoms with van der Waals surface area (Å²) in [5.74, 6) is 0. The zero-order chi connectivity index (χ0) is 5.33. The van der Waals surface area contributed by atoms with E-state index in [2.05, 4.69) is 10.6 Å². The van der Waals surface area contributed by atoms with E-state index in [1.165, 1.54) is 6.08 Å². The molecule has 7 heavy (non-hydrogen) atoms. The summed E-state index contributed by atoms with van der Waals surface area (Å²) in [6.07, 6.45) is 3.43. The zero-order valence-corrected chi connectivity index (χ0v) is 4.14. The molecule has 0 radical (unpaired) electrons. The molecule has 0 unspecified atom stereocenters. The molecule has 0 fully saturated rings. The van der Waals surface area contributed by atoms with Crippen molar-refractivity contribution >= 4 is 16.2 Å². The molecule has 0 spiro atoms. The highest BCUT2D eigenvalue weighted by molar-refractivity contribution is 7.93. The van der Waals surface area contributed by atoms with E-state index < -0.39 is 10.0 Å². The number of rotatable bonds is 0. The number of hydrogen-bond donors (Lipinski definition) is 0. The van der Waals surface area contributed by atoms with E-state index >= 15 is 0 Å². The summed E-state index contributed by atoms with van der Waals surface area (Å²) in [5, 5.41) is 0.993. The van der Waals surface area contributed by atoms with Crippen molar-refractivity contribution in [2.24, 2.45) is 4.40 Å². The fourth-order valence-corrected chi connectivity index (χ4v) is 0.752. The Morgan fingerprint density at radius 3 is 2.43 bits per heavy atom. The van der Waals surface area contributed by atoms with Crippen LogP contribution in [-0.2, 0) is 10.0 Å². The van der Waals surface area contributed by atoms with Gasteiger partial charge in [0.2, 0.25) is 0 Å². The van der Waals surface area contributed by atoms with Crippen molar-refractivity contribution in [3.8, 4) is 0 Å². The van der Waals surface area contributed by atoms with E-state index in [0.29, 0.717) is 0 Å². The second-order valence-electron chi connectivity index (χ2n) is 1.04. The molecule has 0 saturated heterocycles. The minimum atomic E-state index is -3.21. The lowest BCUT2D eigenvalue weighted by Crippen LogP contribution is -1.80. The first-order valence-corrected chi connectivity index (χ1v) is 3.10. The highest BCUT2D eigenvalue weighted by Crippen LogP contribution is 1.97. The van der Waals surface area contributed by atoms with Crippen LogP contribution in [0.3, 0.4) is 0 Å². The van der Waals surface area contributed by atoms with Gasteiger partial charge in [0.05, 0.1) is 0 Å². The van der Waals surface area contributed by atoms with Gasteiger partial charge in [0.25, 0.3) is 0 Å². The molecule has 1 heterocycles. The largest absolute Gasteiger partial charge is 0.291 e. The Labute approximate surface area is 41.4 Å². The van der Waals surface area contributed by atoms with E-state index in [0.717, 1.165) is 5.41 Å². The Bertz CT molecular complexity index is 193. The van der Waals surface area contributed by atoms with Crippen LogP contribution in [0.25, 0.3) is 0 Å². The van der Waals surface area contributed by atoms with E-state index in [9.17, 15) is 8.42 Å². The van der Waals surface area contributed by atoms with Crippen molar-refractivity contribution < 1.29 is 8.42 Å². The number of hydrogen-bond acceptors (Lipinski definition) is 2. The van der Waals surface area contributed by atoms with Crippen molar-refractivity contribution in [3.63, 3.8) is 0 Å². The van der Waals surface area contributed by atoms with Gasteiger partial charge in [0.1, 0.15) is 0 Å². The average Bonchev–Trinajstić information content (AvgIpc) is 1.84. The molecule has 4 heteroatoms. The van der Waals surface area contributed by atoms with E-state index in [1.54, 1.807) is 0 Å². The molecule has 0 aromatic heterocycles. The van der Waals surface area contributed by atoms with Gasteiger partial charge >= 0.3 is 0 Å². The van der Waals surface area contributed by atoms with Gasteiger partial charge in [0, 0.05) is 0 Å². The van der Waals surface area contributed by atoms with Crippen LogP contribution in [0.5, 0.6) is 0 Å². The SMILES string of the molecule is O=S1(=O)C=C[C-]=N1. The predicted octanol–water partition coefficient (Wildman–Crippen LogP) is -0.209. The minimum absolute atomic E-state index is 0.993. The maximum atomic E-state index is 10.1. The minimum Gasteiger partial charge on any atom is -0.291 e. The van der Waals surface area contributed by atoms with Crippen LogP contribution in [-0.4, -0.2) is 14.6 Å². The van der Waals surface area contributed by atoms with Gasteiger partial charge in [-0.3, -0.25) is 4.40 Å². The normalized spacial score (nSPS) is 23.4. The standard InChI is InChI=1S/C3H2NO2S/c5-7(6)3-1-2-4-7/h1,3H/q-1. The van der Waals surface area contributed by atoms with E-state index in [1.807, 2.05) is 0 Å². The Balaban J connectivity index is 3.25. The summed E-state index contributed by atoms with van der Waals surface area (Å²) >= 11 is 0. The molecule has 0 atom stereocenters. The summed E-state index contributed by atoms with van der Waals surface area (Å²) in [6, 6.07) is 0. The number of nitrogens with zero attached hydrogens (tertiary/aromatic N) is 1. The van der Waals surface area contributed by atoms with Crippen LogP contribution < -0.4 is 0 Å². The molecule has 0 N–H and O–H groups in total. The molecule has 3 nitrogen and oxygen atoms in total. The summed E-state index contributed by atoms with van der Waals surface area (Å²) in [5.41, 5.74) is 0. The van der Waals surface area contributed by atoms with Gasteiger partial charge in [-0.25, -0.2) is 14.5 Å². The fraction of sp³-hybridized carbons (Fsp3) is 0. The lowest BCUT2D eigenvalue weighted by molar-refractivity contribution is 0.607. The molecule has 1 aliphatic heterocycles. The topological polar surface area (TPSA) is 46.5 Å². The van der Waals surface area contributed by atoms with Crippen molar-refractivity contribution in [2.45, 2.75) is 0 Å². The molecule has 0 amide bonds. The van der Waals surface area contributed by atoms with Gasteiger partial charge < -0.3 is 0 Å². The van der Waals surface area contributed by atoms with Gasteiger partial charge in [-0.1, -0.05) is 5.41 Å². The monoisotopic (exact) mass is 116 g/mol. The quantitative estimate of drug-likeness (QED) is 0.411. The Morgan fingerprint density at radius 1 is 1.57 bits per heavy atom. The zero-order valence-electron chi connectivity index (χ0n) is 3.33. The molecule has 0 saturated carbocycles. The van der Waals surface area contributed by atoms with Gasteiger partial charge in [-0.15, -0.1) is 6.21 Å². The van der Waals surface area contributed by atoms with Crippen LogP contribution in [0, 0.1) is 0 Å². The first-order chi connectivity index (χ1) is 3.21. The third-order valence-corrected chi connectivity index (χ3v) is 1.33. The third-order valence-electron chi connectivity index (χ3n) is 0.494. The Hall–Kier alpha value is -0.640. The fourth-order valence-electron chi connectivity index (χ4n) is 0.251. The first kappa shape index (κ1) is 4.52. The lowest BCUT2D eigenvalue weighted by Gasteiger charge is -1.82. The van der Waals surface area contributed by atoms with Crippen molar-refractivity contribution in [1.82, 2.24) is 0 Å². The first-order valence-electron chi connectivity index (χ1n) is 1.60. The molecule has 38 valence electrons. The average molecular weight is 116 g/mol. The van der Waals surface area contributed by atoms with Crippen molar-refractivity contribution in [1.29, 1.82) is 0 Å². The van der Waals surface area contributed by atoms with Crippen LogP contribution >= 0.6 is 0 Å². The summed E-state index contributed by atoms with van der Waals surface area (Å²) in [6.45, 7) is 0. The molecule has 0 bridgehead atoms. The maximum absolute atomic E-state index is 10.1. The number of sulfonamides is 1. The molecule has 0 aliphatic carbocycles. The van der Waals surface area contributed by atoms with E-state index in [-0.39, 0.29) is 0 Å². The van der Waals surface area contributed by atoms with Gasteiger partial charge in [-0.05, 0) is 0 Å². The van der Waals surface area contributed by atoms with Crippen LogP contribution in [0.2, 0.25) is 0 Å². The van der Waals surface area contributed by atoms with Gasteiger partial charge in [0.15, 0.2) is 10.0 Å². The highest BCUT2D eigenvalue weighted by Gasteiger charge is 1.90. The summed E-state index contributed by atoms with van der Waals surface area (Å²) in [7, 11) is -3.21. The van der Waals surface area contributed by atoms with Crippen LogP contribution in [0.1, 0.15) is 0 Å². The maximum Gasteiger partial charge on any atom is 0.189 e. The molecule has 1 rings (SSSR count). The van der Waals surface area contributed by atoms with Crippen LogP contribution in [0.4, 0.5) is 0 Å². The highest BCUT2D eigenvalue weighted by atomic mass is 32.2. The second kappa shape index (κ2) is 1.16. The molecule has 0 aromatic rings. The summed E-state index contributed by atoms with van der Waals surface area (Å²) in [4.78, 5) is 0. The van der Waals surface area contributed by atoms with E-state index in [4.69, 9.17) is 0 Å². The molecular formula is C3H2NO2S-. The second-order valence-corrected chi connectivity index (χ2v) is 2.52. The van der Waals surface area contributed by atoms with Crippen molar-refractivity contribution in [2.75, 3.05) is 0 Å². The predicted molar refractivity (Wildman–Crippen MR) is 25.5 cm³/mol. The smallest absolute Gasteiger partial charge is 0.189 e. The molecular weight excluding hydrogens is 114 g/mol. The lowest BCUT2D eigenvalue weighted by atomic mass is 10.7. The Morgan fingerprint density at radius 2 is 2.29 bits per heavy atom. The van der Waals surface area contributed by atoms with Crippen molar-refractivity contribution in [3.05, 3.63) is 11.5 Å². The van der Waals surface area contributed by atoms with Gasteiger partial charge in [-0.2, -0.15) is 0 Å². The molecule has 0 aromatic carbocycles. The third kappa shape index (κ3) is 0.866. The summed E-state index contributed by atoms with van der Waals surface area (Å²) < 4.78 is 23.2. The van der Waals surface area contributed by atoms with Crippen LogP contribution in [0.15, 0.2) is 15.9 Å². The number of allylic oxidation sites excluding steroid dienone is 1.